The van der Waals surface area contributed by atoms with Crippen molar-refractivity contribution in [1.29, 1.82) is 0 Å². The lowest BCUT2D eigenvalue weighted by Crippen LogP contribution is -2.21. The molecule has 1 unspecified atom stereocenters. The van der Waals surface area contributed by atoms with Crippen molar-refractivity contribution in [3.05, 3.63) is 148 Å². The molecule has 1 saturated heterocycles. The van der Waals surface area contributed by atoms with E-state index >= 15 is 0 Å². The molecule has 0 radical (unpaired) electrons. The first-order valence-electron chi connectivity index (χ1n) is 18.1. The number of benzene rings is 3. The van der Waals surface area contributed by atoms with E-state index in [4.69, 9.17) is 0 Å². The van der Waals surface area contributed by atoms with Crippen molar-refractivity contribution >= 4 is 31.9 Å². The lowest BCUT2D eigenvalue weighted by Gasteiger charge is -2.10. The molecular formula is C40H48N8O4S. The number of nitrogens with zero attached hydrogens (tertiary/aromatic N) is 8. The molecule has 1 atom stereocenters. The molecule has 3 aromatic carbocycles. The molecule has 0 amide bonds. The van der Waals surface area contributed by atoms with Crippen molar-refractivity contribution in [2.75, 3.05) is 11.5 Å². The molecule has 53 heavy (non-hydrogen) atoms. The number of aromatic nitrogens is 8. The zero-order valence-corrected chi connectivity index (χ0v) is 32.0. The Hall–Kier alpha value is -5.69. The van der Waals surface area contributed by atoms with Gasteiger partial charge in [-0.05, 0) is 29.7 Å². The highest BCUT2D eigenvalue weighted by Crippen LogP contribution is 2.25. The van der Waals surface area contributed by atoms with Crippen LogP contribution in [0, 0.1) is 0 Å². The Bertz CT molecular complexity index is 2400. The van der Waals surface area contributed by atoms with Gasteiger partial charge < -0.3 is 0 Å². The third-order valence-corrected chi connectivity index (χ3v) is 9.83. The molecule has 278 valence electrons. The molecule has 1 fully saturated rings. The SMILES string of the molecule is CC.CC.CC.O=c1c2cnn(-c3ccccc3)c2ncn1Cc1ccccc1.O=c1c2cnn(C3CCS(=O)(=O)C3)c2ncn1Cc1ccccc1. The fraction of sp³-hybridized carbons (Fsp3) is 0.300. The van der Waals surface area contributed by atoms with Crippen molar-refractivity contribution in [2.45, 2.75) is 67.1 Å². The van der Waals surface area contributed by atoms with Crippen molar-refractivity contribution in [1.82, 2.24) is 38.7 Å². The zero-order chi connectivity index (χ0) is 38.4. The van der Waals surface area contributed by atoms with Gasteiger partial charge in [-0.2, -0.15) is 10.2 Å². The van der Waals surface area contributed by atoms with Crippen LogP contribution in [0.15, 0.2) is 126 Å². The topological polar surface area (TPSA) is 140 Å². The van der Waals surface area contributed by atoms with Crippen LogP contribution in [0.4, 0.5) is 0 Å². The van der Waals surface area contributed by atoms with Gasteiger partial charge in [0, 0.05) is 0 Å². The predicted molar refractivity (Wildman–Crippen MR) is 212 cm³/mol. The summed E-state index contributed by atoms with van der Waals surface area (Å²) in [5.41, 5.74) is 3.73. The Labute approximate surface area is 310 Å². The van der Waals surface area contributed by atoms with E-state index in [1.54, 1.807) is 26.5 Å². The summed E-state index contributed by atoms with van der Waals surface area (Å²) in [6.07, 6.45) is 6.65. The van der Waals surface area contributed by atoms with Crippen molar-refractivity contribution in [3.8, 4) is 5.69 Å². The number of para-hydroxylation sites is 1. The first kappa shape index (κ1) is 40.1. The van der Waals surface area contributed by atoms with Crippen LogP contribution in [-0.4, -0.2) is 58.6 Å². The molecule has 13 heteroatoms. The van der Waals surface area contributed by atoms with Crippen LogP contribution in [0.1, 0.15) is 65.1 Å². The number of sulfone groups is 1. The molecule has 1 aliphatic heterocycles. The second-order valence-electron chi connectivity index (χ2n) is 11.3. The average Bonchev–Trinajstić information content (AvgIpc) is 3.95. The third-order valence-electron chi connectivity index (χ3n) is 8.08. The van der Waals surface area contributed by atoms with E-state index in [-0.39, 0.29) is 28.7 Å². The lowest BCUT2D eigenvalue weighted by atomic mass is 10.2. The minimum absolute atomic E-state index is 0.0541. The van der Waals surface area contributed by atoms with Crippen LogP contribution in [-0.2, 0) is 22.9 Å². The van der Waals surface area contributed by atoms with Crippen molar-refractivity contribution in [2.24, 2.45) is 0 Å². The van der Waals surface area contributed by atoms with Gasteiger partial charge in [-0.15, -0.1) is 0 Å². The Morgan fingerprint density at radius 2 is 1.08 bits per heavy atom. The summed E-state index contributed by atoms with van der Waals surface area (Å²) in [4.78, 5) is 34.1. The quantitative estimate of drug-likeness (QED) is 0.184. The molecular weight excluding hydrogens is 689 g/mol. The molecule has 0 aliphatic carbocycles. The third kappa shape index (κ3) is 9.60. The van der Waals surface area contributed by atoms with Gasteiger partial charge >= 0.3 is 0 Å². The minimum Gasteiger partial charge on any atom is -0.294 e. The van der Waals surface area contributed by atoms with Gasteiger partial charge in [-0.25, -0.2) is 27.7 Å². The van der Waals surface area contributed by atoms with Crippen LogP contribution >= 0.6 is 0 Å². The second-order valence-corrected chi connectivity index (χ2v) is 13.6. The van der Waals surface area contributed by atoms with Crippen LogP contribution in [0.5, 0.6) is 0 Å². The highest BCUT2D eigenvalue weighted by Gasteiger charge is 2.31. The summed E-state index contributed by atoms with van der Waals surface area (Å²) in [6.45, 7) is 12.9. The average molecular weight is 737 g/mol. The molecule has 5 heterocycles. The van der Waals surface area contributed by atoms with Crippen LogP contribution in [0.2, 0.25) is 0 Å². The van der Waals surface area contributed by atoms with Crippen molar-refractivity contribution in [3.63, 3.8) is 0 Å². The summed E-state index contributed by atoms with van der Waals surface area (Å²) >= 11 is 0. The van der Waals surface area contributed by atoms with Gasteiger partial charge in [-0.1, -0.05) is 120 Å². The summed E-state index contributed by atoms with van der Waals surface area (Å²) in [6, 6.07) is 28.9. The smallest absolute Gasteiger partial charge is 0.264 e. The first-order valence-corrected chi connectivity index (χ1v) is 19.9. The molecule has 8 rings (SSSR count). The van der Waals surface area contributed by atoms with Gasteiger partial charge in [-0.3, -0.25) is 18.7 Å². The molecule has 12 nitrogen and oxygen atoms in total. The number of fused-ring (bicyclic) bond motifs is 2. The monoisotopic (exact) mass is 736 g/mol. The fourth-order valence-corrected chi connectivity index (χ4v) is 7.39. The normalized spacial score (nSPS) is 14.0. The highest BCUT2D eigenvalue weighted by molar-refractivity contribution is 7.91. The maximum absolute atomic E-state index is 12.6. The fourth-order valence-electron chi connectivity index (χ4n) is 5.69. The maximum atomic E-state index is 12.6. The second kappa shape index (κ2) is 19.2. The van der Waals surface area contributed by atoms with E-state index < -0.39 is 9.84 Å². The Balaban J connectivity index is 0.000000208. The van der Waals surface area contributed by atoms with Crippen molar-refractivity contribution < 1.29 is 8.42 Å². The summed E-state index contributed by atoms with van der Waals surface area (Å²) in [5, 5.41) is 9.48. The van der Waals surface area contributed by atoms with E-state index in [2.05, 4.69) is 20.2 Å². The van der Waals surface area contributed by atoms with E-state index in [9.17, 15) is 18.0 Å². The molecule has 1 aliphatic rings. The summed E-state index contributed by atoms with van der Waals surface area (Å²) < 4.78 is 29.7. The molecule has 0 saturated carbocycles. The summed E-state index contributed by atoms with van der Waals surface area (Å²) in [7, 11) is -3.02. The number of hydrogen-bond acceptors (Lipinski definition) is 8. The molecule has 0 N–H and O–H groups in total. The van der Waals surface area contributed by atoms with Gasteiger partial charge in [0.1, 0.15) is 23.4 Å². The van der Waals surface area contributed by atoms with Gasteiger partial charge in [0.25, 0.3) is 11.1 Å². The molecule has 0 bridgehead atoms. The molecule has 7 aromatic rings. The lowest BCUT2D eigenvalue weighted by molar-refractivity contribution is 0.511. The Morgan fingerprint density at radius 1 is 0.623 bits per heavy atom. The Kier molecular flexibility index (Phi) is 14.5. The van der Waals surface area contributed by atoms with Crippen LogP contribution in [0.3, 0.4) is 0 Å². The van der Waals surface area contributed by atoms with Gasteiger partial charge in [0.15, 0.2) is 21.1 Å². The van der Waals surface area contributed by atoms with E-state index in [0.717, 1.165) is 16.8 Å². The standard InChI is InChI=1S/C18H14N4O.C16H16N4O3S.3C2H6/c23-18-16-11-20-22(15-9-5-2-6-10-15)17(16)19-13-21(18)12-14-7-3-1-4-8-14;21-16-14-8-18-20(13-6-7-24(22,23)10-13)15(14)17-11-19(16)9-12-4-2-1-3-5-12;3*1-2/h1-11,13H,12H2;1-5,8,11,13H,6-7,9-10H2;3*1-2H3. The van der Waals surface area contributed by atoms with Gasteiger partial charge in [0.05, 0.1) is 48.7 Å². The van der Waals surface area contributed by atoms with E-state index in [1.807, 2.05) is 133 Å². The summed E-state index contributed by atoms with van der Waals surface area (Å²) in [5.74, 6) is 0.211. The largest absolute Gasteiger partial charge is 0.294 e. The number of rotatable bonds is 6. The molecule has 4 aromatic heterocycles. The predicted octanol–water partition coefficient (Wildman–Crippen LogP) is 6.71. The van der Waals surface area contributed by atoms with Crippen LogP contribution < -0.4 is 11.1 Å². The van der Waals surface area contributed by atoms with E-state index in [1.165, 1.54) is 17.1 Å². The number of hydrogen-bond donors (Lipinski definition) is 0. The maximum Gasteiger partial charge on any atom is 0.264 e. The zero-order valence-electron chi connectivity index (χ0n) is 31.2. The van der Waals surface area contributed by atoms with E-state index in [0.29, 0.717) is 41.6 Å². The minimum atomic E-state index is -3.02. The Morgan fingerprint density at radius 3 is 1.57 bits per heavy atom. The van der Waals surface area contributed by atoms with Crippen LogP contribution in [0.25, 0.3) is 27.8 Å². The van der Waals surface area contributed by atoms with Gasteiger partial charge in [0.2, 0.25) is 0 Å². The molecule has 0 spiro atoms. The highest BCUT2D eigenvalue weighted by atomic mass is 32.2. The first-order chi connectivity index (χ1) is 25.9.